The van der Waals surface area contributed by atoms with Gasteiger partial charge in [-0.1, -0.05) is 35.9 Å². The summed E-state index contributed by atoms with van der Waals surface area (Å²) in [4.78, 5) is 28.3. The van der Waals surface area contributed by atoms with Crippen LogP contribution in [0.25, 0.3) is 10.9 Å². The molecule has 1 heterocycles. The number of fused-ring (bicyclic) bond motifs is 1. The van der Waals surface area contributed by atoms with Crippen LogP contribution in [0.2, 0.25) is 0 Å². The van der Waals surface area contributed by atoms with E-state index in [1.165, 1.54) is 16.5 Å². The summed E-state index contributed by atoms with van der Waals surface area (Å²) in [5.74, 6) is -0.536. The molecular formula is C24H27N3O2. The molecule has 150 valence electrons. The molecule has 4 rings (SSSR count). The van der Waals surface area contributed by atoms with Gasteiger partial charge >= 0.3 is 0 Å². The van der Waals surface area contributed by atoms with E-state index in [1.807, 2.05) is 45.2 Å². The summed E-state index contributed by atoms with van der Waals surface area (Å²) < 4.78 is 0. The number of nitrogens with one attached hydrogen (secondary N) is 3. The van der Waals surface area contributed by atoms with Gasteiger partial charge in [-0.05, 0) is 56.4 Å². The van der Waals surface area contributed by atoms with Gasteiger partial charge in [0, 0.05) is 29.3 Å². The van der Waals surface area contributed by atoms with Crippen molar-refractivity contribution in [1.82, 2.24) is 10.3 Å². The summed E-state index contributed by atoms with van der Waals surface area (Å²) in [7, 11) is 0. The van der Waals surface area contributed by atoms with Crippen molar-refractivity contribution in [2.45, 2.75) is 33.6 Å². The molecule has 1 aliphatic rings. The van der Waals surface area contributed by atoms with E-state index >= 15 is 0 Å². The summed E-state index contributed by atoms with van der Waals surface area (Å²) in [6.07, 6.45) is 3.38. The molecule has 3 N–H and O–H groups in total. The minimum absolute atomic E-state index is 0.0256. The molecule has 1 aliphatic carbocycles. The highest BCUT2D eigenvalue weighted by Gasteiger charge is 2.48. The Labute approximate surface area is 170 Å². The molecule has 5 nitrogen and oxygen atoms in total. The van der Waals surface area contributed by atoms with E-state index in [0.717, 1.165) is 28.8 Å². The molecule has 0 saturated heterocycles. The van der Waals surface area contributed by atoms with Gasteiger partial charge in [-0.2, -0.15) is 0 Å². The van der Waals surface area contributed by atoms with Crippen LogP contribution in [0.15, 0.2) is 42.6 Å². The van der Waals surface area contributed by atoms with Crippen LogP contribution in [0.3, 0.4) is 0 Å². The third-order valence-corrected chi connectivity index (χ3v) is 5.76. The van der Waals surface area contributed by atoms with Crippen molar-refractivity contribution >= 4 is 28.4 Å². The number of para-hydroxylation sites is 1. The predicted molar refractivity (Wildman–Crippen MR) is 116 cm³/mol. The van der Waals surface area contributed by atoms with Crippen molar-refractivity contribution in [3.63, 3.8) is 0 Å². The molecular weight excluding hydrogens is 362 g/mol. The Hall–Kier alpha value is -3.08. The number of benzene rings is 2. The van der Waals surface area contributed by atoms with E-state index in [4.69, 9.17) is 0 Å². The first-order valence-corrected chi connectivity index (χ1v) is 10.2. The average molecular weight is 389 g/mol. The van der Waals surface area contributed by atoms with Crippen LogP contribution in [0.1, 0.15) is 28.7 Å². The topological polar surface area (TPSA) is 74.0 Å². The normalized spacial score (nSPS) is 17.9. The number of H-pyrrole nitrogens is 1. The number of anilines is 1. The molecule has 1 saturated carbocycles. The van der Waals surface area contributed by atoms with E-state index in [-0.39, 0.29) is 23.7 Å². The number of aromatic amines is 1. The molecule has 29 heavy (non-hydrogen) atoms. The van der Waals surface area contributed by atoms with Crippen LogP contribution in [0, 0.1) is 32.6 Å². The Balaban J connectivity index is 1.29. The second-order valence-electron chi connectivity index (χ2n) is 8.11. The lowest BCUT2D eigenvalue weighted by Gasteiger charge is -2.13. The fourth-order valence-corrected chi connectivity index (χ4v) is 4.16. The summed E-state index contributed by atoms with van der Waals surface area (Å²) in [6, 6.07) is 12.3. The summed E-state index contributed by atoms with van der Waals surface area (Å²) >= 11 is 0. The van der Waals surface area contributed by atoms with E-state index < -0.39 is 0 Å². The molecule has 5 heteroatoms. The third kappa shape index (κ3) is 4.04. The highest BCUT2D eigenvalue weighted by atomic mass is 16.2. The van der Waals surface area contributed by atoms with Crippen molar-refractivity contribution < 1.29 is 9.59 Å². The number of rotatable bonds is 6. The smallest absolute Gasteiger partial charge is 0.228 e. The van der Waals surface area contributed by atoms with Crippen molar-refractivity contribution in [3.8, 4) is 0 Å². The molecule has 0 spiro atoms. The van der Waals surface area contributed by atoms with E-state index in [1.54, 1.807) is 0 Å². The van der Waals surface area contributed by atoms with E-state index in [2.05, 4.69) is 33.8 Å². The van der Waals surface area contributed by atoms with Crippen molar-refractivity contribution in [2.24, 2.45) is 11.8 Å². The Morgan fingerprint density at radius 1 is 1.03 bits per heavy atom. The third-order valence-electron chi connectivity index (χ3n) is 5.76. The first-order chi connectivity index (χ1) is 13.9. The number of carbonyl (C=O) groups is 2. The number of aromatic nitrogens is 1. The molecule has 2 amide bonds. The van der Waals surface area contributed by atoms with Crippen molar-refractivity contribution in [1.29, 1.82) is 0 Å². The minimum Gasteiger partial charge on any atom is -0.361 e. The monoisotopic (exact) mass is 389 g/mol. The maximum Gasteiger partial charge on any atom is 0.228 e. The van der Waals surface area contributed by atoms with Crippen LogP contribution in [-0.2, 0) is 16.0 Å². The lowest BCUT2D eigenvalue weighted by atomic mass is 10.0. The van der Waals surface area contributed by atoms with Gasteiger partial charge in [0.2, 0.25) is 11.8 Å². The molecule has 2 aromatic carbocycles. The summed E-state index contributed by atoms with van der Waals surface area (Å²) in [5, 5.41) is 7.21. The maximum absolute atomic E-state index is 12.6. The van der Waals surface area contributed by atoms with E-state index in [0.29, 0.717) is 13.0 Å². The zero-order valence-electron chi connectivity index (χ0n) is 17.1. The Morgan fingerprint density at radius 2 is 1.72 bits per heavy atom. The molecule has 2 unspecified atom stereocenters. The van der Waals surface area contributed by atoms with Gasteiger partial charge in [-0.25, -0.2) is 0 Å². The standard InChI is InChI=1S/C24H27N3O2/c1-14-10-15(2)22(16(3)11-14)27-24(29)20-12-19(20)23(28)25-9-8-17-13-26-21-7-5-4-6-18(17)21/h4-7,10-11,13,19-20,26H,8-9,12H2,1-3H3,(H,25,28)(H,27,29). The summed E-state index contributed by atoms with van der Waals surface area (Å²) in [6.45, 7) is 6.61. The SMILES string of the molecule is Cc1cc(C)c(NC(=O)C2CC2C(=O)NCCc2c[nH]c3ccccc23)c(C)c1. The zero-order valence-corrected chi connectivity index (χ0v) is 17.1. The fourth-order valence-electron chi connectivity index (χ4n) is 4.16. The number of hydrogen-bond acceptors (Lipinski definition) is 2. The number of hydrogen-bond donors (Lipinski definition) is 3. The van der Waals surface area contributed by atoms with Crippen molar-refractivity contribution in [3.05, 3.63) is 64.8 Å². The van der Waals surface area contributed by atoms with Gasteiger partial charge in [-0.3, -0.25) is 9.59 Å². The zero-order chi connectivity index (χ0) is 20.5. The lowest BCUT2D eigenvalue weighted by Crippen LogP contribution is -2.29. The van der Waals surface area contributed by atoms with Gasteiger partial charge in [0.15, 0.2) is 0 Å². The molecule has 0 aliphatic heterocycles. The van der Waals surface area contributed by atoms with Crippen LogP contribution < -0.4 is 10.6 Å². The Bertz CT molecular complexity index is 1060. The van der Waals surface area contributed by atoms with Crippen LogP contribution in [-0.4, -0.2) is 23.3 Å². The van der Waals surface area contributed by atoms with Crippen LogP contribution >= 0.6 is 0 Å². The largest absolute Gasteiger partial charge is 0.361 e. The second-order valence-corrected chi connectivity index (χ2v) is 8.11. The number of carbonyl (C=O) groups excluding carboxylic acids is 2. The van der Waals surface area contributed by atoms with Gasteiger partial charge in [-0.15, -0.1) is 0 Å². The van der Waals surface area contributed by atoms with Crippen LogP contribution in [0.4, 0.5) is 5.69 Å². The number of amides is 2. The van der Waals surface area contributed by atoms with Gasteiger partial charge in [0.1, 0.15) is 0 Å². The van der Waals surface area contributed by atoms with Crippen LogP contribution in [0.5, 0.6) is 0 Å². The highest BCUT2D eigenvalue weighted by Crippen LogP contribution is 2.40. The highest BCUT2D eigenvalue weighted by molar-refractivity contribution is 6.00. The molecule has 3 aromatic rings. The predicted octanol–water partition coefficient (Wildman–Crippen LogP) is 4.03. The Kier molecular flexibility index (Phi) is 5.14. The molecule has 1 fully saturated rings. The van der Waals surface area contributed by atoms with Gasteiger partial charge in [0.25, 0.3) is 0 Å². The minimum atomic E-state index is -0.233. The fraction of sp³-hybridized carbons (Fsp3) is 0.333. The maximum atomic E-state index is 12.6. The van der Waals surface area contributed by atoms with Crippen molar-refractivity contribution in [2.75, 3.05) is 11.9 Å². The first-order valence-electron chi connectivity index (χ1n) is 10.2. The van der Waals surface area contributed by atoms with E-state index in [9.17, 15) is 9.59 Å². The number of aryl methyl sites for hydroxylation is 3. The molecule has 0 bridgehead atoms. The lowest BCUT2D eigenvalue weighted by molar-refractivity contribution is -0.125. The second kappa shape index (κ2) is 7.74. The molecule has 0 radical (unpaired) electrons. The quantitative estimate of drug-likeness (QED) is 0.596. The molecule has 1 aromatic heterocycles. The Morgan fingerprint density at radius 3 is 2.48 bits per heavy atom. The average Bonchev–Trinajstić information content (AvgIpc) is 3.39. The first kappa shape index (κ1) is 19.2. The van der Waals surface area contributed by atoms with Gasteiger partial charge in [0.05, 0.1) is 11.8 Å². The summed E-state index contributed by atoms with van der Waals surface area (Å²) in [5.41, 5.74) is 6.45. The molecule has 2 atom stereocenters. The van der Waals surface area contributed by atoms with Gasteiger partial charge < -0.3 is 15.6 Å².